The number of nitrogens with zero attached hydrogens (tertiary/aromatic N) is 1. The monoisotopic (exact) mass is 253 g/mol. The van der Waals surface area contributed by atoms with E-state index in [0.29, 0.717) is 5.56 Å². The molecule has 0 amide bonds. The summed E-state index contributed by atoms with van der Waals surface area (Å²) in [5.74, 6) is -1.14. The second-order valence-corrected chi connectivity index (χ2v) is 4.58. The van der Waals surface area contributed by atoms with E-state index in [1.807, 2.05) is 0 Å². The van der Waals surface area contributed by atoms with Crippen LogP contribution in [0.4, 0.5) is 0 Å². The Morgan fingerprint density at radius 1 is 1.41 bits per heavy atom. The predicted octanol–water partition coefficient (Wildman–Crippen LogP) is 1.17. The molecular weight excluding hydrogens is 242 g/mol. The van der Waals surface area contributed by atoms with Crippen molar-refractivity contribution in [3.63, 3.8) is 0 Å². The van der Waals surface area contributed by atoms with Gasteiger partial charge in [0.2, 0.25) is 0 Å². The highest BCUT2D eigenvalue weighted by molar-refractivity contribution is 7.16. The molecule has 0 saturated heterocycles. The molecule has 0 aliphatic rings. The Balaban J connectivity index is 2.23. The third-order valence-electron chi connectivity index (χ3n) is 2.45. The number of aliphatic hydroxyl groups excluding tert-OH is 2. The van der Waals surface area contributed by atoms with E-state index in [2.05, 4.69) is 4.98 Å². The lowest BCUT2D eigenvalue weighted by molar-refractivity contribution is -0.141. The van der Waals surface area contributed by atoms with Crippen molar-refractivity contribution in [2.75, 3.05) is 0 Å². The maximum atomic E-state index is 10.4. The van der Waals surface area contributed by atoms with Gasteiger partial charge in [-0.05, 0) is 17.7 Å². The number of fused-ring (bicyclic) bond motifs is 1. The highest BCUT2D eigenvalue weighted by Crippen LogP contribution is 2.25. The van der Waals surface area contributed by atoms with Crippen molar-refractivity contribution in [2.45, 2.75) is 18.6 Å². The quantitative estimate of drug-likeness (QED) is 0.760. The van der Waals surface area contributed by atoms with Crippen LogP contribution in [0.15, 0.2) is 23.7 Å². The molecule has 1 aromatic carbocycles. The Bertz CT molecular complexity index is 539. The maximum absolute atomic E-state index is 10.4. The molecule has 0 spiro atoms. The third-order valence-corrected chi connectivity index (χ3v) is 3.24. The van der Waals surface area contributed by atoms with Crippen molar-refractivity contribution >= 4 is 27.5 Å². The Morgan fingerprint density at radius 3 is 2.88 bits per heavy atom. The molecule has 0 saturated carbocycles. The van der Waals surface area contributed by atoms with Gasteiger partial charge in [-0.2, -0.15) is 0 Å². The summed E-state index contributed by atoms with van der Waals surface area (Å²) in [4.78, 5) is 14.5. The van der Waals surface area contributed by atoms with E-state index in [0.717, 1.165) is 10.2 Å². The first-order valence-corrected chi connectivity index (χ1v) is 5.87. The van der Waals surface area contributed by atoms with Gasteiger partial charge in [0.15, 0.2) is 0 Å². The number of carbonyl (C=O) groups is 1. The highest BCUT2D eigenvalue weighted by atomic mass is 32.1. The first-order chi connectivity index (χ1) is 8.08. The Labute approximate surface area is 101 Å². The molecule has 3 N–H and O–H groups in total. The standard InChI is InChI=1S/C11H11NO4S/c13-8(4-10(14)15)11(16)6-1-2-7-9(3-6)17-5-12-7/h1-3,5,8,11,13,16H,4H2,(H,14,15). The van der Waals surface area contributed by atoms with Crippen LogP contribution in [0.2, 0.25) is 0 Å². The van der Waals surface area contributed by atoms with Gasteiger partial charge in [0.1, 0.15) is 6.10 Å². The number of aliphatic hydroxyl groups is 2. The van der Waals surface area contributed by atoms with Crippen LogP contribution in [-0.4, -0.2) is 32.4 Å². The second kappa shape index (κ2) is 4.79. The van der Waals surface area contributed by atoms with E-state index in [-0.39, 0.29) is 0 Å². The molecule has 2 unspecified atom stereocenters. The van der Waals surface area contributed by atoms with Gasteiger partial charge in [-0.15, -0.1) is 11.3 Å². The second-order valence-electron chi connectivity index (χ2n) is 3.69. The molecule has 0 aliphatic heterocycles. The van der Waals surface area contributed by atoms with Crippen LogP contribution in [0.3, 0.4) is 0 Å². The Hall–Kier alpha value is -1.50. The van der Waals surface area contributed by atoms with E-state index >= 15 is 0 Å². The SMILES string of the molecule is O=C(O)CC(O)C(O)c1ccc2ncsc2c1. The van der Waals surface area contributed by atoms with Gasteiger partial charge < -0.3 is 15.3 Å². The van der Waals surface area contributed by atoms with Crippen molar-refractivity contribution in [3.8, 4) is 0 Å². The van der Waals surface area contributed by atoms with E-state index in [1.54, 1.807) is 23.7 Å². The van der Waals surface area contributed by atoms with Crippen LogP contribution in [0.1, 0.15) is 18.1 Å². The fourth-order valence-corrected chi connectivity index (χ4v) is 2.29. The summed E-state index contributed by atoms with van der Waals surface area (Å²) < 4.78 is 0.893. The molecule has 1 heterocycles. The van der Waals surface area contributed by atoms with Gasteiger partial charge in [-0.1, -0.05) is 6.07 Å². The van der Waals surface area contributed by atoms with Crippen LogP contribution in [0, 0.1) is 0 Å². The average molecular weight is 253 g/mol. The van der Waals surface area contributed by atoms with Gasteiger partial charge in [-0.25, -0.2) is 4.98 Å². The number of rotatable bonds is 4. The molecule has 2 rings (SSSR count). The summed E-state index contributed by atoms with van der Waals surface area (Å²) in [7, 11) is 0. The maximum Gasteiger partial charge on any atom is 0.306 e. The van der Waals surface area contributed by atoms with Crippen LogP contribution in [-0.2, 0) is 4.79 Å². The minimum Gasteiger partial charge on any atom is -0.481 e. The largest absolute Gasteiger partial charge is 0.481 e. The van der Waals surface area contributed by atoms with Gasteiger partial charge in [0.25, 0.3) is 0 Å². The number of hydrogen-bond donors (Lipinski definition) is 3. The van der Waals surface area contributed by atoms with Crippen LogP contribution in [0.5, 0.6) is 0 Å². The molecule has 0 aliphatic carbocycles. The summed E-state index contributed by atoms with van der Waals surface area (Å²) in [6, 6.07) is 5.08. The minimum absolute atomic E-state index is 0.484. The number of carboxylic acids is 1. The fraction of sp³-hybridized carbons (Fsp3) is 0.273. The minimum atomic E-state index is -1.31. The molecule has 6 heteroatoms. The molecule has 2 atom stereocenters. The summed E-state index contributed by atoms with van der Waals surface area (Å²) in [5.41, 5.74) is 3.00. The zero-order valence-electron chi connectivity index (χ0n) is 8.78. The summed E-state index contributed by atoms with van der Waals surface area (Å²) >= 11 is 1.42. The van der Waals surface area contributed by atoms with Crippen molar-refractivity contribution < 1.29 is 20.1 Å². The Morgan fingerprint density at radius 2 is 2.18 bits per heavy atom. The van der Waals surface area contributed by atoms with E-state index < -0.39 is 24.6 Å². The lowest BCUT2D eigenvalue weighted by atomic mass is 10.0. The summed E-state index contributed by atoms with van der Waals surface area (Å²) in [5, 5.41) is 27.9. The predicted molar refractivity (Wildman–Crippen MR) is 62.8 cm³/mol. The number of thiazole rings is 1. The van der Waals surface area contributed by atoms with Crippen molar-refractivity contribution in [2.24, 2.45) is 0 Å². The van der Waals surface area contributed by atoms with Crippen LogP contribution in [0.25, 0.3) is 10.2 Å². The molecule has 2 aromatic rings. The molecule has 5 nitrogen and oxygen atoms in total. The van der Waals surface area contributed by atoms with Crippen molar-refractivity contribution in [3.05, 3.63) is 29.3 Å². The van der Waals surface area contributed by atoms with Gasteiger partial charge in [-0.3, -0.25) is 4.79 Å². The zero-order chi connectivity index (χ0) is 12.4. The number of aliphatic carboxylic acids is 1. The molecular formula is C11H11NO4S. The van der Waals surface area contributed by atoms with Crippen LogP contribution >= 0.6 is 11.3 Å². The Kier molecular flexibility index (Phi) is 3.37. The highest BCUT2D eigenvalue weighted by Gasteiger charge is 2.21. The van der Waals surface area contributed by atoms with Crippen molar-refractivity contribution in [1.82, 2.24) is 4.98 Å². The van der Waals surface area contributed by atoms with Crippen molar-refractivity contribution in [1.29, 1.82) is 0 Å². The third kappa shape index (κ3) is 2.60. The smallest absolute Gasteiger partial charge is 0.306 e. The normalized spacial score (nSPS) is 14.7. The summed E-state index contributed by atoms with van der Waals surface area (Å²) in [6.07, 6.45) is -2.99. The first-order valence-electron chi connectivity index (χ1n) is 4.99. The number of carboxylic acid groups (broad SMARTS) is 1. The average Bonchev–Trinajstić information content (AvgIpc) is 2.73. The van der Waals surface area contributed by atoms with Crippen LogP contribution < -0.4 is 0 Å². The molecule has 90 valence electrons. The molecule has 0 bridgehead atoms. The number of hydrogen-bond acceptors (Lipinski definition) is 5. The molecule has 0 fully saturated rings. The van der Waals surface area contributed by atoms with Gasteiger partial charge in [0.05, 0.1) is 28.3 Å². The number of aromatic nitrogens is 1. The molecule has 1 aromatic heterocycles. The molecule has 17 heavy (non-hydrogen) atoms. The fourth-order valence-electron chi connectivity index (χ4n) is 1.57. The topological polar surface area (TPSA) is 90.7 Å². The van der Waals surface area contributed by atoms with Gasteiger partial charge in [0, 0.05) is 0 Å². The van der Waals surface area contributed by atoms with E-state index in [1.165, 1.54) is 11.3 Å². The zero-order valence-corrected chi connectivity index (χ0v) is 9.59. The van der Waals surface area contributed by atoms with Gasteiger partial charge >= 0.3 is 5.97 Å². The first kappa shape index (κ1) is 12.0. The summed E-state index contributed by atoms with van der Waals surface area (Å²) in [6.45, 7) is 0. The molecule has 0 radical (unpaired) electrons. The lowest BCUT2D eigenvalue weighted by Crippen LogP contribution is -2.21. The van der Waals surface area contributed by atoms with E-state index in [9.17, 15) is 15.0 Å². The lowest BCUT2D eigenvalue weighted by Gasteiger charge is -2.16. The van der Waals surface area contributed by atoms with E-state index in [4.69, 9.17) is 5.11 Å². The number of benzene rings is 1.